The van der Waals surface area contributed by atoms with Gasteiger partial charge in [0.2, 0.25) is 5.95 Å². The van der Waals surface area contributed by atoms with Crippen molar-refractivity contribution in [1.29, 1.82) is 0 Å². The summed E-state index contributed by atoms with van der Waals surface area (Å²) < 4.78 is 0. The first kappa shape index (κ1) is 13.9. The molecule has 1 atom stereocenters. The van der Waals surface area contributed by atoms with Crippen molar-refractivity contribution >= 4 is 29.5 Å². The van der Waals surface area contributed by atoms with Crippen LogP contribution in [-0.2, 0) is 12.8 Å². The van der Waals surface area contributed by atoms with Crippen molar-refractivity contribution in [3.8, 4) is 0 Å². The summed E-state index contributed by atoms with van der Waals surface area (Å²) in [6.07, 6.45) is 1.82. The lowest BCUT2D eigenvalue weighted by molar-refractivity contribution is 0.817. The molecule has 0 aromatic carbocycles. The Hall–Kier alpha value is -0.490. The highest BCUT2D eigenvalue weighted by Gasteiger charge is 2.14. The van der Waals surface area contributed by atoms with E-state index in [1.54, 1.807) is 0 Å². The fraction of sp³-hybridized carbons (Fsp3) is 0.750. The number of aromatic nitrogens is 3. The van der Waals surface area contributed by atoms with E-state index in [1.807, 2.05) is 23.5 Å². The number of nitrogens with zero attached hydrogens (tertiary/aromatic N) is 3. The van der Waals surface area contributed by atoms with Gasteiger partial charge in [-0.15, -0.1) is 5.10 Å². The van der Waals surface area contributed by atoms with Gasteiger partial charge in [-0.25, -0.2) is 4.98 Å². The minimum atomic E-state index is 0.670. The predicted octanol–water partition coefficient (Wildman–Crippen LogP) is 2.26. The molecule has 0 saturated carbocycles. The van der Waals surface area contributed by atoms with Crippen LogP contribution in [0.5, 0.6) is 0 Å². The Labute approximate surface area is 117 Å². The lowest BCUT2D eigenvalue weighted by Gasteiger charge is -2.21. The third-order valence-electron chi connectivity index (χ3n) is 2.88. The van der Waals surface area contributed by atoms with Gasteiger partial charge in [-0.2, -0.15) is 28.6 Å². The van der Waals surface area contributed by atoms with Crippen LogP contribution in [-0.4, -0.2) is 44.2 Å². The molecule has 0 aliphatic carbocycles. The minimum Gasteiger partial charge on any atom is -0.352 e. The topological polar surface area (TPSA) is 50.7 Å². The lowest BCUT2D eigenvalue weighted by Crippen LogP contribution is -2.24. The minimum absolute atomic E-state index is 0.670. The van der Waals surface area contributed by atoms with E-state index in [4.69, 9.17) is 0 Å². The van der Waals surface area contributed by atoms with Gasteiger partial charge in [-0.1, -0.05) is 13.8 Å². The van der Waals surface area contributed by atoms with E-state index in [2.05, 4.69) is 34.3 Å². The molecule has 1 aromatic rings. The van der Waals surface area contributed by atoms with E-state index < -0.39 is 0 Å². The Morgan fingerprint density at radius 1 is 1.17 bits per heavy atom. The zero-order valence-corrected chi connectivity index (χ0v) is 12.6. The second kappa shape index (κ2) is 7.19. The Kier molecular flexibility index (Phi) is 5.56. The van der Waals surface area contributed by atoms with Gasteiger partial charge >= 0.3 is 0 Å². The van der Waals surface area contributed by atoms with E-state index >= 15 is 0 Å². The summed E-state index contributed by atoms with van der Waals surface area (Å²) >= 11 is 4.08. The van der Waals surface area contributed by atoms with Crippen molar-refractivity contribution in [2.45, 2.75) is 31.9 Å². The maximum atomic E-state index is 4.55. The molecule has 1 aliphatic rings. The highest BCUT2D eigenvalue weighted by atomic mass is 32.2. The number of rotatable bonds is 5. The first-order valence-electron chi connectivity index (χ1n) is 6.49. The molecule has 1 N–H and O–H groups in total. The zero-order chi connectivity index (χ0) is 12.8. The van der Waals surface area contributed by atoms with Crippen LogP contribution in [0.25, 0.3) is 0 Å². The van der Waals surface area contributed by atoms with Gasteiger partial charge in [-0.3, -0.25) is 0 Å². The third kappa shape index (κ3) is 3.75. The molecule has 0 radical (unpaired) electrons. The SMILES string of the molecule is CCc1nnc(NCC2CSCCS2)nc1CC. The van der Waals surface area contributed by atoms with E-state index in [1.165, 1.54) is 17.3 Å². The smallest absolute Gasteiger partial charge is 0.243 e. The molecule has 2 rings (SSSR count). The van der Waals surface area contributed by atoms with E-state index in [9.17, 15) is 0 Å². The molecule has 0 amide bonds. The Morgan fingerprint density at radius 3 is 2.67 bits per heavy atom. The highest BCUT2D eigenvalue weighted by Crippen LogP contribution is 2.23. The van der Waals surface area contributed by atoms with E-state index in [-0.39, 0.29) is 0 Å². The highest BCUT2D eigenvalue weighted by molar-refractivity contribution is 8.06. The zero-order valence-electron chi connectivity index (χ0n) is 11.0. The molecule has 2 heterocycles. The molecule has 100 valence electrons. The molecule has 1 saturated heterocycles. The molecule has 0 bridgehead atoms. The monoisotopic (exact) mass is 284 g/mol. The second-order valence-corrected chi connectivity index (χ2v) is 6.74. The van der Waals surface area contributed by atoms with Crippen LogP contribution in [0.4, 0.5) is 5.95 Å². The average molecular weight is 284 g/mol. The molecule has 1 fully saturated rings. The van der Waals surface area contributed by atoms with Crippen LogP contribution < -0.4 is 5.32 Å². The number of nitrogens with one attached hydrogen (secondary N) is 1. The van der Waals surface area contributed by atoms with Gasteiger partial charge in [0.05, 0.1) is 11.4 Å². The number of hydrogen-bond acceptors (Lipinski definition) is 6. The predicted molar refractivity (Wildman–Crippen MR) is 80.6 cm³/mol. The van der Waals surface area contributed by atoms with Crippen LogP contribution in [0.15, 0.2) is 0 Å². The maximum absolute atomic E-state index is 4.55. The normalized spacial score (nSPS) is 19.8. The largest absolute Gasteiger partial charge is 0.352 e. The second-order valence-electron chi connectivity index (χ2n) is 4.18. The molecular weight excluding hydrogens is 264 g/mol. The maximum Gasteiger partial charge on any atom is 0.243 e. The fourth-order valence-electron chi connectivity index (χ4n) is 1.87. The molecule has 1 aromatic heterocycles. The summed E-state index contributed by atoms with van der Waals surface area (Å²) in [4.78, 5) is 4.55. The van der Waals surface area contributed by atoms with Crippen LogP contribution in [0.2, 0.25) is 0 Å². The molecule has 1 unspecified atom stereocenters. The fourth-order valence-corrected chi connectivity index (χ4v) is 4.48. The molecule has 0 spiro atoms. The molecule has 6 heteroatoms. The first-order chi connectivity index (χ1) is 8.83. The summed E-state index contributed by atoms with van der Waals surface area (Å²) in [5, 5.41) is 12.4. The van der Waals surface area contributed by atoms with Crippen molar-refractivity contribution in [1.82, 2.24) is 15.2 Å². The summed E-state index contributed by atoms with van der Waals surface area (Å²) in [5.74, 6) is 4.44. The van der Waals surface area contributed by atoms with Crippen molar-refractivity contribution in [2.75, 3.05) is 29.1 Å². The molecule has 4 nitrogen and oxygen atoms in total. The quantitative estimate of drug-likeness (QED) is 0.895. The van der Waals surface area contributed by atoms with Gasteiger partial charge in [0, 0.05) is 29.1 Å². The van der Waals surface area contributed by atoms with E-state index in [0.29, 0.717) is 11.2 Å². The lowest BCUT2D eigenvalue weighted by atomic mass is 10.2. The van der Waals surface area contributed by atoms with Crippen LogP contribution in [0.1, 0.15) is 25.2 Å². The van der Waals surface area contributed by atoms with Gasteiger partial charge in [-0.05, 0) is 12.8 Å². The average Bonchev–Trinajstić information content (AvgIpc) is 2.45. The van der Waals surface area contributed by atoms with Gasteiger partial charge in [0.25, 0.3) is 0 Å². The summed E-state index contributed by atoms with van der Waals surface area (Å²) in [7, 11) is 0. The number of thioether (sulfide) groups is 2. The van der Waals surface area contributed by atoms with Crippen molar-refractivity contribution in [2.24, 2.45) is 0 Å². The van der Waals surface area contributed by atoms with Crippen molar-refractivity contribution in [3.63, 3.8) is 0 Å². The van der Waals surface area contributed by atoms with Gasteiger partial charge in [0.1, 0.15) is 0 Å². The van der Waals surface area contributed by atoms with Crippen molar-refractivity contribution in [3.05, 3.63) is 11.4 Å². The van der Waals surface area contributed by atoms with Crippen molar-refractivity contribution < 1.29 is 0 Å². The van der Waals surface area contributed by atoms with Crippen LogP contribution in [0, 0.1) is 0 Å². The number of hydrogen-bond donors (Lipinski definition) is 1. The standard InChI is InChI=1S/C12H20N4S2/c1-3-10-11(4-2)15-16-12(14-10)13-7-9-8-17-5-6-18-9/h9H,3-8H2,1-2H3,(H,13,14,16). The van der Waals surface area contributed by atoms with Gasteiger partial charge < -0.3 is 5.32 Å². The summed E-state index contributed by atoms with van der Waals surface area (Å²) in [6, 6.07) is 0. The van der Waals surface area contributed by atoms with Crippen LogP contribution >= 0.6 is 23.5 Å². The van der Waals surface area contributed by atoms with E-state index in [0.717, 1.165) is 30.8 Å². The Morgan fingerprint density at radius 2 is 2.00 bits per heavy atom. The number of anilines is 1. The molecule has 18 heavy (non-hydrogen) atoms. The Bertz CT molecular complexity index is 380. The molecular formula is C12H20N4S2. The summed E-state index contributed by atoms with van der Waals surface area (Å²) in [5.41, 5.74) is 2.09. The first-order valence-corrected chi connectivity index (χ1v) is 8.69. The number of aryl methyl sites for hydroxylation is 2. The van der Waals surface area contributed by atoms with Crippen LogP contribution in [0.3, 0.4) is 0 Å². The van der Waals surface area contributed by atoms with Gasteiger partial charge in [0.15, 0.2) is 0 Å². The molecule has 1 aliphatic heterocycles. The summed E-state index contributed by atoms with van der Waals surface area (Å²) in [6.45, 7) is 5.14. The Balaban J connectivity index is 1.92. The third-order valence-corrected chi connectivity index (χ3v) is 5.73.